The van der Waals surface area contributed by atoms with Crippen LogP contribution in [0.4, 0.5) is 11.8 Å². The second-order valence-electron chi connectivity index (χ2n) is 6.99. The average Bonchev–Trinajstić information content (AvgIpc) is 2.77. The van der Waals surface area contributed by atoms with Gasteiger partial charge in [0, 0.05) is 45.5 Å². The van der Waals surface area contributed by atoms with Crippen molar-refractivity contribution in [3.05, 3.63) is 35.5 Å². The van der Waals surface area contributed by atoms with E-state index in [1.165, 1.54) is 11.1 Å². The van der Waals surface area contributed by atoms with E-state index < -0.39 is 0 Å². The lowest BCUT2D eigenvalue weighted by atomic mass is 9.99. The van der Waals surface area contributed by atoms with Crippen molar-refractivity contribution in [3.63, 3.8) is 0 Å². The highest BCUT2D eigenvalue weighted by atomic mass is 16.5. The van der Waals surface area contributed by atoms with E-state index in [-0.39, 0.29) is 0 Å². The molecule has 2 aromatic rings. The molecule has 1 aromatic heterocycles. The molecule has 8 nitrogen and oxygen atoms in total. The van der Waals surface area contributed by atoms with Crippen LogP contribution in [0.5, 0.6) is 11.5 Å². The first-order valence-corrected chi connectivity index (χ1v) is 9.48. The van der Waals surface area contributed by atoms with Gasteiger partial charge in [0.1, 0.15) is 5.82 Å². The van der Waals surface area contributed by atoms with Gasteiger partial charge in [-0.3, -0.25) is 4.79 Å². The maximum absolute atomic E-state index is 10.9. The largest absolute Gasteiger partial charge is 0.493 e. The third-order valence-electron chi connectivity index (χ3n) is 5.42. The lowest BCUT2D eigenvalue weighted by Gasteiger charge is -2.34. The molecule has 0 bridgehead atoms. The number of amides is 1. The van der Waals surface area contributed by atoms with Gasteiger partial charge in [-0.1, -0.05) is 0 Å². The molecule has 0 saturated carbocycles. The smallest absolute Gasteiger partial charge is 0.227 e. The zero-order valence-corrected chi connectivity index (χ0v) is 16.3. The van der Waals surface area contributed by atoms with Crippen LogP contribution in [-0.4, -0.2) is 68.2 Å². The first-order valence-electron chi connectivity index (χ1n) is 9.48. The molecule has 2 aliphatic heterocycles. The lowest BCUT2D eigenvalue weighted by Crippen LogP contribution is -2.46. The molecule has 28 heavy (non-hydrogen) atoms. The van der Waals surface area contributed by atoms with E-state index in [2.05, 4.69) is 26.9 Å². The third-order valence-corrected chi connectivity index (χ3v) is 5.42. The van der Waals surface area contributed by atoms with Gasteiger partial charge in [0.15, 0.2) is 11.5 Å². The number of methoxy groups -OCH3 is 2. The summed E-state index contributed by atoms with van der Waals surface area (Å²) >= 11 is 0. The average molecular weight is 383 g/mol. The van der Waals surface area contributed by atoms with Crippen molar-refractivity contribution in [3.8, 4) is 11.5 Å². The van der Waals surface area contributed by atoms with Gasteiger partial charge in [0.2, 0.25) is 12.4 Å². The number of piperazine rings is 1. The Morgan fingerprint density at radius 2 is 1.68 bits per heavy atom. The van der Waals surface area contributed by atoms with E-state index in [0.29, 0.717) is 13.1 Å². The normalized spacial score (nSPS) is 16.6. The lowest BCUT2D eigenvalue weighted by molar-refractivity contribution is -0.118. The first-order chi connectivity index (χ1) is 13.7. The molecule has 1 saturated heterocycles. The van der Waals surface area contributed by atoms with Crippen molar-refractivity contribution in [1.82, 2.24) is 14.9 Å². The number of rotatable bonds is 5. The van der Waals surface area contributed by atoms with E-state index in [9.17, 15) is 4.79 Å². The summed E-state index contributed by atoms with van der Waals surface area (Å²) in [5.41, 5.74) is 2.51. The molecule has 2 aliphatic rings. The van der Waals surface area contributed by atoms with Crippen LogP contribution in [0.2, 0.25) is 0 Å². The summed E-state index contributed by atoms with van der Waals surface area (Å²) in [5.74, 6) is 3.16. The van der Waals surface area contributed by atoms with Crippen molar-refractivity contribution in [2.45, 2.75) is 13.0 Å². The Morgan fingerprint density at radius 1 is 0.964 bits per heavy atom. The van der Waals surface area contributed by atoms with Crippen molar-refractivity contribution in [2.24, 2.45) is 0 Å². The molecule has 4 rings (SSSR count). The Kier molecular flexibility index (Phi) is 5.18. The summed E-state index contributed by atoms with van der Waals surface area (Å²) in [7, 11) is 3.32. The number of carbonyl (C=O) groups is 1. The van der Waals surface area contributed by atoms with Crippen LogP contribution in [0.25, 0.3) is 0 Å². The summed E-state index contributed by atoms with van der Waals surface area (Å²) in [5, 5.41) is 0. The van der Waals surface area contributed by atoms with Crippen molar-refractivity contribution >= 4 is 18.2 Å². The minimum atomic E-state index is 0.704. The predicted molar refractivity (Wildman–Crippen MR) is 106 cm³/mol. The van der Waals surface area contributed by atoms with Crippen LogP contribution >= 0.6 is 0 Å². The van der Waals surface area contributed by atoms with E-state index in [4.69, 9.17) is 14.5 Å². The number of ether oxygens (including phenoxy) is 2. The molecule has 0 radical (unpaired) electrons. The van der Waals surface area contributed by atoms with E-state index in [1.807, 2.05) is 12.3 Å². The highest BCUT2D eigenvalue weighted by molar-refractivity contribution is 5.53. The van der Waals surface area contributed by atoms with Crippen molar-refractivity contribution < 1.29 is 14.3 Å². The molecule has 1 aromatic carbocycles. The third kappa shape index (κ3) is 3.54. The van der Waals surface area contributed by atoms with Crippen LogP contribution in [0.1, 0.15) is 11.1 Å². The van der Waals surface area contributed by atoms with E-state index >= 15 is 0 Å². The Hall–Kier alpha value is -3.03. The Bertz CT molecular complexity index is 852. The van der Waals surface area contributed by atoms with Gasteiger partial charge in [-0.25, -0.2) is 4.98 Å². The fourth-order valence-electron chi connectivity index (χ4n) is 3.77. The minimum absolute atomic E-state index is 0.704. The number of carbonyl (C=O) groups excluding carboxylic acids is 1. The quantitative estimate of drug-likeness (QED) is 0.722. The van der Waals surface area contributed by atoms with Crippen LogP contribution in [0.15, 0.2) is 24.4 Å². The predicted octanol–water partition coefficient (Wildman–Crippen LogP) is 1.33. The number of nitrogens with zero attached hydrogens (tertiary/aromatic N) is 5. The summed E-state index contributed by atoms with van der Waals surface area (Å²) in [4.78, 5) is 26.3. The van der Waals surface area contributed by atoms with Gasteiger partial charge in [-0.05, 0) is 35.7 Å². The molecule has 148 valence electrons. The summed E-state index contributed by atoms with van der Waals surface area (Å²) in [6, 6.07) is 6.08. The number of hydrogen-bond donors (Lipinski definition) is 0. The standard InChI is InChI=1S/C20H25N5O3/c1-27-17-11-15-4-6-25(13-16(15)12-18(17)28-2)19-3-5-21-20(22-19)24-9-7-23(14-26)8-10-24/h3,5,11-12,14H,4,6-10,13H2,1-2H3. The number of benzene rings is 1. The van der Waals surface area contributed by atoms with Gasteiger partial charge < -0.3 is 24.2 Å². The number of anilines is 2. The Morgan fingerprint density at radius 3 is 2.36 bits per heavy atom. The number of aromatic nitrogens is 2. The van der Waals surface area contributed by atoms with Gasteiger partial charge in [-0.2, -0.15) is 4.98 Å². The molecule has 3 heterocycles. The SMILES string of the molecule is COc1cc2c(cc1OC)CN(c1ccnc(N3CCN(C=O)CC3)n1)CC2. The van der Waals surface area contributed by atoms with Crippen LogP contribution < -0.4 is 19.3 Å². The summed E-state index contributed by atoms with van der Waals surface area (Å²) < 4.78 is 10.9. The van der Waals surface area contributed by atoms with Crippen molar-refractivity contribution in [1.29, 1.82) is 0 Å². The first kappa shape index (κ1) is 18.3. The summed E-state index contributed by atoms with van der Waals surface area (Å²) in [6.07, 6.45) is 3.64. The Balaban J connectivity index is 1.52. The number of fused-ring (bicyclic) bond motifs is 1. The molecular weight excluding hydrogens is 358 g/mol. The van der Waals surface area contributed by atoms with Crippen LogP contribution in [0, 0.1) is 0 Å². The molecular formula is C20H25N5O3. The van der Waals surface area contributed by atoms with Crippen LogP contribution in [-0.2, 0) is 17.8 Å². The summed E-state index contributed by atoms with van der Waals surface area (Å²) in [6.45, 7) is 4.57. The zero-order chi connectivity index (χ0) is 19.5. The fourth-order valence-corrected chi connectivity index (χ4v) is 3.77. The van der Waals surface area contributed by atoms with Gasteiger partial charge in [0.05, 0.1) is 14.2 Å². The number of hydrogen-bond acceptors (Lipinski definition) is 7. The van der Waals surface area contributed by atoms with Gasteiger partial charge in [-0.15, -0.1) is 0 Å². The molecule has 1 amide bonds. The minimum Gasteiger partial charge on any atom is -0.493 e. The molecule has 8 heteroatoms. The molecule has 0 unspecified atom stereocenters. The fraction of sp³-hybridized carbons (Fsp3) is 0.450. The van der Waals surface area contributed by atoms with Crippen molar-refractivity contribution in [2.75, 3.05) is 56.7 Å². The maximum Gasteiger partial charge on any atom is 0.227 e. The van der Waals surface area contributed by atoms with Crippen LogP contribution in [0.3, 0.4) is 0 Å². The monoisotopic (exact) mass is 383 g/mol. The molecule has 0 N–H and O–H groups in total. The highest BCUT2D eigenvalue weighted by Gasteiger charge is 2.22. The molecule has 0 spiro atoms. The second-order valence-corrected chi connectivity index (χ2v) is 6.99. The topological polar surface area (TPSA) is 71.0 Å². The molecule has 0 atom stereocenters. The highest BCUT2D eigenvalue weighted by Crippen LogP contribution is 2.34. The van der Waals surface area contributed by atoms with E-state index in [0.717, 1.165) is 62.3 Å². The second kappa shape index (κ2) is 7.92. The zero-order valence-electron chi connectivity index (χ0n) is 16.3. The molecule has 0 aliphatic carbocycles. The van der Waals surface area contributed by atoms with E-state index in [1.54, 1.807) is 19.1 Å². The maximum atomic E-state index is 10.9. The van der Waals surface area contributed by atoms with Gasteiger partial charge >= 0.3 is 0 Å². The molecule has 1 fully saturated rings. The van der Waals surface area contributed by atoms with Gasteiger partial charge in [0.25, 0.3) is 0 Å². The Labute approximate surface area is 164 Å².